The number of carbonyl (C=O) groups excluding carboxylic acids is 1. The molecule has 0 amide bonds. The van der Waals surface area contributed by atoms with Crippen molar-refractivity contribution < 1.29 is 9.53 Å². The van der Waals surface area contributed by atoms with E-state index in [2.05, 4.69) is 20.8 Å². The number of hydrogen-bond acceptors (Lipinski definition) is 2. The molecule has 0 aromatic heterocycles. The zero-order chi connectivity index (χ0) is 10.6. The summed E-state index contributed by atoms with van der Waals surface area (Å²) in [5.74, 6) is 0.609. The van der Waals surface area contributed by atoms with Gasteiger partial charge in [0, 0.05) is 0 Å². The van der Waals surface area contributed by atoms with Crippen LogP contribution in [-0.4, -0.2) is 12.9 Å². The summed E-state index contributed by atoms with van der Waals surface area (Å²) in [6, 6.07) is 7.12. The van der Waals surface area contributed by atoms with E-state index in [0.29, 0.717) is 17.9 Å². The van der Waals surface area contributed by atoms with Crippen LogP contribution in [-0.2, 0) is 4.79 Å². The van der Waals surface area contributed by atoms with Gasteiger partial charge in [-0.1, -0.05) is 32.9 Å². The van der Waals surface area contributed by atoms with Gasteiger partial charge < -0.3 is 4.74 Å². The van der Waals surface area contributed by atoms with E-state index in [1.807, 2.05) is 12.4 Å². The average Bonchev–Trinajstić information content (AvgIpc) is 2.14. The van der Waals surface area contributed by atoms with E-state index in [0.717, 1.165) is 0 Å². The molecule has 2 heteroatoms. The molecule has 0 aliphatic rings. The van der Waals surface area contributed by atoms with Crippen LogP contribution in [0.1, 0.15) is 26.3 Å². The van der Waals surface area contributed by atoms with Crippen molar-refractivity contribution >= 4 is 6.29 Å². The molecule has 0 unspecified atom stereocenters. The van der Waals surface area contributed by atoms with Crippen molar-refractivity contribution in [2.24, 2.45) is 5.41 Å². The zero-order valence-electron chi connectivity index (χ0n) is 8.83. The van der Waals surface area contributed by atoms with Crippen LogP contribution in [0.15, 0.2) is 24.3 Å². The molecule has 14 heavy (non-hydrogen) atoms. The third-order valence-corrected chi connectivity index (χ3v) is 1.66. The van der Waals surface area contributed by atoms with Gasteiger partial charge in [0.1, 0.15) is 5.75 Å². The number of para-hydroxylation sites is 1. The van der Waals surface area contributed by atoms with Crippen molar-refractivity contribution in [3.8, 4) is 5.75 Å². The van der Waals surface area contributed by atoms with Gasteiger partial charge >= 0.3 is 0 Å². The largest absolute Gasteiger partial charge is 0.492 e. The Hall–Kier alpha value is -1.31. The highest BCUT2D eigenvalue weighted by Crippen LogP contribution is 2.20. The zero-order valence-corrected chi connectivity index (χ0v) is 8.83. The highest BCUT2D eigenvalue weighted by atomic mass is 16.5. The number of rotatable bonds is 3. The molecule has 0 saturated carbocycles. The molecule has 0 heterocycles. The van der Waals surface area contributed by atoms with E-state index in [4.69, 9.17) is 4.74 Å². The maximum absolute atomic E-state index is 10.5. The Bertz CT molecular complexity index is 310. The Morgan fingerprint density at radius 3 is 2.50 bits per heavy atom. The predicted octanol–water partition coefficient (Wildman–Crippen LogP) is 2.57. The van der Waals surface area contributed by atoms with Gasteiger partial charge in [-0.15, -0.1) is 0 Å². The standard InChI is InChI=1S/C12H15O2/c1-12(2,3)9-14-11-7-5-4-6-10(11)8-13/h4-7H,9H2,1-3H3. The van der Waals surface area contributed by atoms with Crippen LogP contribution in [0, 0.1) is 5.41 Å². The third-order valence-electron chi connectivity index (χ3n) is 1.66. The van der Waals surface area contributed by atoms with Crippen molar-refractivity contribution in [3.05, 3.63) is 29.8 Å². The third kappa shape index (κ3) is 3.21. The second-order valence-corrected chi connectivity index (χ2v) is 4.45. The quantitative estimate of drug-likeness (QED) is 0.734. The lowest BCUT2D eigenvalue weighted by Crippen LogP contribution is -2.17. The van der Waals surface area contributed by atoms with Crippen LogP contribution >= 0.6 is 0 Å². The predicted molar refractivity (Wildman–Crippen MR) is 56.2 cm³/mol. The van der Waals surface area contributed by atoms with E-state index in [-0.39, 0.29) is 5.41 Å². The molecule has 1 rings (SSSR count). The molecule has 0 spiro atoms. The molecular formula is C12H15O2. The van der Waals surface area contributed by atoms with Gasteiger partial charge in [-0.3, -0.25) is 4.79 Å². The molecule has 1 aromatic rings. The molecule has 0 aliphatic heterocycles. The van der Waals surface area contributed by atoms with E-state index >= 15 is 0 Å². The van der Waals surface area contributed by atoms with Crippen LogP contribution in [0.4, 0.5) is 0 Å². The van der Waals surface area contributed by atoms with Gasteiger partial charge in [0.25, 0.3) is 0 Å². The van der Waals surface area contributed by atoms with Crippen molar-refractivity contribution in [1.29, 1.82) is 0 Å². The first-order valence-corrected chi connectivity index (χ1v) is 4.63. The van der Waals surface area contributed by atoms with Crippen LogP contribution in [0.25, 0.3) is 0 Å². The van der Waals surface area contributed by atoms with Gasteiger partial charge in [-0.2, -0.15) is 0 Å². The van der Waals surface area contributed by atoms with Gasteiger partial charge in [-0.25, -0.2) is 0 Å². The summed E-state index contributed by atoms with van der Waals surface area (Å²) >= 11 is 0. The summed E-state index contributed by atoms with van der Waals surface area (Å²) < 4.78 is 5.53. The second-order valence-electron chi connectivity index (χ2n) is 4.45. The first kappa shape index (κ1) is 10.8. The first-order chi connectivity index (χ1) is 6.53. The van der Waals surface area contributed by atoms with Crippen LogP contribution in [0.2, 0.25) is 0 Å². The van der Waals surface area contributed by atoms with Crippen LogP contribution in [0.5, 0.6) is 5.75 Å². The summed E-state index contributed by atoms with van der Waals surface area (Å²) in [6.45, 7) is 6.84. The summed E-state index contributed by atoms with van der Waals surface area (Å²) in [7, 11) is 0. The number of benzene rings is 1. The molecule has 0 aliphatic carbocycles. The fourth-order valence-electron chi connectivity index (χ4n) is 0.971. The maximum Gasteiger partial charge on any atom is 0.237 e. The normalized spacial score (nSPS) is 11.1. The number of hydrogen-bond donors (Lipinski definition) is 0. The minimum Gasteiger partial charge on any atom is -0.492 e. The van der Waals surface area contributed by atoms with Crippen molar-refractivity contribution in [1.82, 2.24) is 0 Å². The molecule has 75 valence electrons. The topological polar surface area (TPSA) is 26.3 Å². The molecule has 1 aromatic carbocycles. The lowest BCUT2D eigenvalue weighted by atomic mass is 9.99. The Morgan fingerprint density at radius 2 is 1.93 bits per heavy atom. The molecule has 0 N–H and O–H groups in total. The van der Waals surface area contributed by atoms with Gasteiger partial charge in [0.05, 0.1) is 12.2 Å². The van der Waals surface area contributed by atoms with E-state index < -0.39 is 0 Å². The summed E-state index contributed by atoms with van der Waals surface area (Å²) in [4.78, 5) is 10.5. The summed E-state index contributed by atoms with van der Waals surface area (Å²) in [5.41, 5.74) is 0.576. The van der Waals surface area contributed by atoms with Gasteiger partial charge in [0.15, 0.2) is 0 Å². The lowest BCUT2D eigenvalue weighted by molar-refractivity contribution is 0.197. The summed E-state index contributed by atoms with van der Waals surface area (Å²) in [6.07, 6.45) is 1.86. The van der Waals surface area contributed by atoms with Crippen molar-refractivity contribution in [3.63, 3.8) is 0 Å². The van der Waals surface area contributed by atoms with E-state index in [9.17, 15) is 4.79 Å². The number of ether oxygens (including phenoxy) is 1. The SMILES string of the molecule is CC(C)(C)COc1ccccc1[C]=O. The molecule has 0 bridgehead atoms. The Balaban J connectivity index is 2.71. The Morgan fingerprint density at radius 1 is 1.29 bits per heavy atom. The van der Waals surface area contributed by atoms with Gasteiger partial charge in [0.2, 0.25) is 6.29 Å². The average molecular weight is 191 g/mol. The smallest absolute Gasteiger partial charge is 0.237 e. The molecule has 0 saturated heterocycles. The van der Waals surface area contributed by atoms with E-state index in [1.54, 1.807) is 18.2 Å². The molecule has 2 nitrogen and oxygen atoms in total. The van der Waals surface area contributed by atoms with E-state index in [1.165, 1.54) is 0 Å². The maximum atomic E-state index is 10.5. The minimum atomic E-state index is 0.0932. The molecule has 1 radical (unpaired) electrons. The van der Waals surface area contributed by atoms with Crippen molar-refractivity contribution in [2.45, 2.75) is 20.8 Å². The highest BCUT2D eigenvalue weighted by Gasteiger charge is 2.12. The lowest BCUT2D eigenvalue weighted by Gasteiger charge is -2.19. The Kier molecular flexibility index (Phi) is 3.28. The monoisotopic (exact) mass is 191 g/mol. The fraction of sp³-hybridized carbons (Fsp3) is 0.417. The van der Waals surface area contributed by atoms with Crippen molar-refractivity contribution in [2.75, 3.05) is 6.61 Å². The summed E-state index contributed by atoms with van der Waals surface area (Å²) in [5, 5.41) is 0. The molecule has 0 fully saturated rings. The fourth-order valence-corrected chi connectivity index (χ4v) is 0.971. The second kappa shape index (κ2) is 4.27. The van der Waals surface area contributed by atoms with Crippen LogP contribution in [0.3, 0.4) is 0 Å². The molecule has 0 atom stereocenters. The minimum absolute atomic E-state index is 0.0932. The van der Waals surface area contributed by atoms with Crippen LogP contribution < -0.4 is 4.74 Å². The highest BCUT2D eigenvalue weighted by molar-refractivity contribution is 5.79. The molecular weight excluding hydrogens is 176 g/mol. The Labute approximate surface area is 84.9 Å². The van der Waals surface area contributed by atoms with Gasteiger partial charge in [-0.05, 0) is 17.5 Å². The first-order valence-electron chi connectivity index (χ1n) is 4.63.